The zero-order valence-electron chi connectivity index (χ0n) is 5.46. The Labute approximate surface area is 85.8 Å². The van der Waals surface area contributed by atoms with Gasteiger partial charge in [0.1, 0.15) is 0 Å². The number of aliphatic carboxylic acids is 1. The molecule has 0 fully saturated rings. The predicted molar refractivity (Wildman–Crippen MR) is 32.1 cm³/mol. The quantitative estimate of drug-likeness (QED) is 0.430. The van der Waals surface area contributed by atoms with Crippen molar-refractivity contribution in [2.45, 2.75) is 0 Å². The molecule has 0 spiro atoms. The molecule has 0 aromatic rings. The number of carboxylic acid groups (broad SMARTS) is 1. The molecule has 0 aliphatic heterocycles. The third-order valence-electron chi connectivity index (χ3n) is 0.226. The maximum atomic E-state index is 9.00. The van der Waals surface area contributed by atoms with E-state index in [-0.39, 0.29) is 53.5 Å². The molecule has 11 heavy (non-hydrogen) atoms. The summed E-state index contributed by atoms with van der Waals surface area (Å²) < 4.78 is 0. The minimum Gasteiger partial charge on any atom is -0.679 e. The molecule has 68 valence electrons. The summed E-state index contributed by atoms with van der Waals surface area (Å²) in [6.07, 6.45) is -0.167. The Morgan fingerprint density at radius 1 is 1.36 bits per heavy atom. The molecule has 0 saturated heterocycles. The molecule has 0 aliphatic rings. The molecule has 0 radical (unpaired) electrons. The number of carboxylic acids is 1. The number of nitrogens with one attached hydrogen (secondary N) is 2. The fraction of sp³-hybridized carbons (Fsp3) is 0.500. The second-order valence-corrected chi connectivity index (χ2v) is 0.956. The molecule has 7 heteroatoms. The molecule has 0 rings (SSSR count). The smallest absolute Gasteiger partial charge is 0.679 e. The van der Waals surface area contributed by atoms with Gasteiger partial charge >= 0.3 is 23.0 Å². The van der Waals surface area contributed by atoms with Crippen molar-refractivity contribution in [1.29, 1.82) is 0 Å². The first-order chi connectivity index (χ1) is 4.18. The Morgan fingerprint density at radius 3 is 1.55 bits per heavy atom. The van der Waals surface area contributed by atoms with Gasteiger partial charge in [0.25, 0.3) is 0 Å². The van der Waals surface area contributed by atoms with E-state index in [1.54, 1.807) is 0 Å². The average Bonchev–Trinajstić information content (AvgIpc) is 1.89. The van der Waals surface area contributed by atoms with E-state index in [1.165, 1.54) is 0 Å². The predicted octanol–water partition coefficient (Wildman–Crippen LogP) is 0.356. The fourth-order valence-corrected chi connectivity index (χ4v) is 0. The van der Waals surface area contributed by atoms with Gasteiger partial charge in [-0.05, 0) is 0 Å². The van der Waals surface area contributed by atoms with E-state index in [0.717, 1.165) is 0 Å². The van der Waals surface area contributed by atoms with Crippen molar-refractivity contribution >= 4 is 12.3 Å². The van der Waals surface area contributed by atoms with Crippen LogP contribution in [-0.2, 0) is 43.7 Å². The molecule has 0 aromatic carbocycles. The van der Waals surface area contributed by atoms with Crippen LogP contribution >= 0.6 is 0 Å². The van der Waals surface area contributed by atoms with Crippen molar-refractivity contribution < 1.29 is 48.8 Å². The molecule has 3 N–H and O–H groups in total. The average molecular weight is 244 g/mol. The number of rotatable bonds is 2. The van der Waals surface area contributed by atoms with Gasteiger partial charge in [0.15, 0.2) is 0 Å². The summed E-state index contributed by atoms with van der Waals surface area (Å²) in [7, 11) is 0. The molecule has 0 aromatic heterocycles. The van der Waals surface area contributed by atoms with Crippen LogP contribution in [0, 0.1) is 0 Å². The monoisotopic (exact) mass is 244 g/mol. The van der Waals surface area contributed by atoms with Gasteiger partial charge in [0.2, 0.25) is 6.29 Å². The minimum absolute atomic E-state index is 0. The maximum absolute atomic E-state index is 9.00. The first kappa shape index (κ1) is 22.5. The Balaban J connectivity index is -0.0000000383. The van der Waals surface area contributed by atoms with Crippen LogP contribution in [0.2, 0.25) is 0 Å². The summed E-state index contributed by atoms with van der Waals surface area (Å²) in [5, 5.41) is 7.35. The molecule has 0 atom stereocenters. The molecule has 5 nitrogen and oxygen atoms in total. The molecule has 0 aliphatic carbocycles. The molecule has 0 amide bonds. The van der Waals surface area contributed by atoms with E-state index in [2.05, 4.69) is 0 Å². The van der Waals surface area contributed by atoms with E-state index in [0.29, 0.717) is 0 Å². The van der Waals surface area contributed by atoms with Crippen molar-refractivity contribution in [2.24, 2.45) is 0 Å². The van der Waals surface area contributed by atoms with Crippen molar-refractivity contribution in [2.75, 3.05) is 13.1 Å². The summed E-state index contributed by atoms with van der Waals surface area (Å²) in [5.74, 6) is -1.43. The van der Waals surface area contributed by atoms with Crippen LogP contribution < -0.4 is 0 Å². The summed E-state index contributed by atoms with van der Waals surface area (Å²) in [6.45, 7) is 0.472. The summed E-state index contributed by atoms with van der Waals surface area (Å²) in [6, 6.07) is 0. The van der Waals surface area contributed by atoms with Crippen LogP contribution in [0.1, 0.15) is 0 Å². The minimum atomic E-state index is -1.43. The maximum Gasteiger partial charge on any atom is 2.00 e. The first-order valence-corrected chi connectivity index (χ1v) is 2.16. The van der Waals surface area contributed by atoms with E-state index in [1.807, 2.05) is 0 Å². The molecule has 0 saturated carbocycles. The van der Waals surface area contributed by atoms with Gasteiger partial charge in [0.05, 0.1) is 0 Å². The number of hydrogen-bond acceptors (Lipinski definition) is 2. The second-order valence-electron chi connectivity index (χ2n) is 0.956. The van der Waals surface area contributed by atoms with E-state index >= 15 is 0 Å². The molecular weight excluding hydrogens is 236 g/mol. The third kappa shape index (κ3) is 69.0. The van der Waals surface area contributed by atoms with Gasteiger partial charge in [-0.2, -0.15) is 13.1 Å². The summed E-state index contributed by atoms with van der Waals surface area (Å²) >= 11 is 0. The SMILES string of the molecule is O=CC(=O)O.[Fe+2].[Fe].[NH-]CC[NH-]. The Bertz CT molecular complexity index is 89.4. The van der Waals surface area contributed by atoms with Gasteiger partial charge < -0.3 is 16.6 Å². The first-order valence-electron chi connectivity index (χ1n) is 2.16. The largest absolute Gasteiger partial charge is 2.00 e. The van der Waals surface area contributed by atoms with Gasteiger partial charge in [-0.1, -0.05) is 0 Å². The van der Waals surface area contributed by atoms with Crippen LogP contribution in [0.3, 0.4) is 0 Å². The summed E-state index contributed by atoms with van der Waals surface area (Å²) in [5.41, 5.74) is 12.5. The van der Waals surface area contributed by atoms with E-state index in [4.69, 9.17) is 26.2 Å². The number of aldehydes is 1. The number of carbonyl (C=O) groups excluding carboxylic acids is 1. The van der Waals surface area contributed by atoms with Gasteiger partial charge in [0, 0.05) is 17.1 Å². The topological polar surface area (TPSA) is 102 Å². The molecule has 0 bridgehead atoms. The van der Waals surface area contributed by atoms with Crippen molar-refractivity contribution in [1.82, 2.24) is 0 Å². The third-order valence-corrected chi connectivity index (χ3v) is 0.226. The van der Waals surface area contributed by atoms with Gasteiger partial charge in [-0.15, -0.1) is 0 Å². The number of carbonyl (C=O) groups is 2. The summed E-state index contributed by atoms with van der Waals surface area (Å²) in [4.78, 5) is 17.9. The molecular formula is C4H8Fe2N2O3. The van der Waals surface area contributed by atoms with Crippen molar-refractivity contribution in [3.8, 4) is 0 Å². The van der Waals surface area contributed by atoms with Crippen LogP contribution in [0.4, 0.5) is 0 Å². The zero-order chi connectivity index (χ0) is 7.70. The van der Waals surface area contributed by atoms with Crippen LogP contribution in [0.25, 0.3) is 11.5 Å². The number of hydrogen-bond donors (Lipinski definition) is 1. The van der Waals surface area contributed by atoms with Gasteiger partial charge in [-0.25, -0.2) is 4.79 Å². The zero-order valence-corrected chi connectivity index (χ0v) is 7.67. The Hall–Kier alpha value is 0.0990. The van der Waals surface area contributed by atoms with Crippen molar-refractivity contribution in [3.63, 3.8) is 0 Å². The van der Waals surface area contributed by atoms with Crippen LogP contribution in [0.15, 0.2) is 0 Å². The Kier molecular flexibility index (Phi) is 45.9. The van der Waals surface area contributed by atoms with Crippen LogP contribution in [-0.4, -0.2) is 30.5 Å². The standard InChI is InChI=1S/C2H6N2.C2H2O3.2Fe/c3-1-2-4;3-1-2(4)5;;/h3-4H,1-2H2;1H,(H,4,5);;/q-2;;;+2. The normalized spacial score (nSPS) is 5.64. The Morgan fingerprint density at radius 2 is 1.55 bits per heavy atom. The van der Waals surface area contributed by atoms with Crippen molar-refractivity contribution in [3.05, 3.63) is 11.5 Å². The second kappa shape index (κ2) is 22.5. The van der Waals surface area contributed by atoms with E-state index < -0.39 is 5.97 Å². The van der Waals surface area contributed by atoms with Gasteiger partial charge in [-0.3, -0.25) is 4.79 Å². The van der Waals surface area contributed by atoms with Crippen LogP contribution in [0.5, 0.6) is 0 Å². The molecule has 0 heterocycles. The fourth-order valence-electron chi connectivity index (χ4n) is 0. The van der Waals surface area contributed by atoms with E-state index in [9.17, 15) is 0 Å². The molecule has 0 unspecified atom stereocenters.